The Kier molecular flexibility index (Phi) is 2.96. The highest BCUT2D eigenvalue weighted by Crippen LogP contribution is 2.28. The van der Waals surface area contributed by atoms with Crippen molar-refractivity contribution in [1.29, 1.82) is 0 Å². The fourth-order valence-corrected chi connectivity index (χ4v) is 3.33. The first-order chi connectivity index (χ1) is 6.25. The molecule has 1 nitrogen and oxygen atoms in total. The molecule has 0 saturated heterocycles. The lowest BCUT2D eigenvalue weighted by Crippen LogP contribution is -2.45. The van der Waals surface area contributed by atoms with Crippen molar-refractivity contribution >= 4 is 11.3 Å². The van der Waals surface area contributed by atoms with Crippen LogP contribution < -0.4 is 4.57 Å². The van der Waals surface area contributed by atoms with Crippen LogP contribution in [0.5, 0.6) is 0 Å². The fraction of sp³-hybridized carbons (Fsp3) is 0.667. The summed E-state index contributed by atoms with van der Waals surface area (Å²) in [6.45, 7) is 15.6. The van der Waals surface area contributed by atoms with Gasteiger partial charge in [0, 0.05) is 6.92 Å². The summed E-state index contributed by atoms with van der Waals surface area (Å²) >= 11 is 1.89. The molecule has 1 aromatic rings. The molecule has 0 saturated carbocycles. The Hall–Kier alpha value is -0.500. The standard InChI is InChI=1S/C12H21NS/c1-8(2)13-10(4)14-9(3)11(13)12(5,6)7/h1-7H3. The molecule has 1 rings (SSSR count). The van der Waals surface area contributed by atoms with Crippen molar-refractivity contribution in [1.82, 2.24) is 0 Å². The van der Waals surface area contributed by atoms with Gasteiger partial charge in [0.1, 0.15) is 11.3 Å². The highest BCUT2D eigenvalue weighted by atomic mass is 32.1. The van der Waals surface area contributed by atoms with Gasteiger partial charge in [-0.2, -0.15) is 0 Å². The second kappa shape index (κ2) is 3.58. The highest BCUT2D eigenvalue weighted by Gasteiger charge is 2.28. The normalized spacial score (nSPS) is 11.9. The van der Waals surface area contributed by atoms with Crippen molar-refractivity contribution in [3.05, 3.63) is 21.6 Å². The molecule has 1 heterocycles. The predicted octanol–water partition coefficient (Wildman–Crippen LogP) is 3.37. The Morgan fingerprint density at radius 3 is 2.07 bits per heavy atom. The van der Waals surface area contributed by atoms with Gasteiger partial charge in [-0.3, -0.25) is 4.57 Å². The van der Waals surface area contributed by atoms with Gasteiger partial charge in [0.25, 0.3) is 0 Å². The van der Waals surface area contributed by atoms with E-state index in [0.717, 1.165) is 0 Å². The van der Waals surface area contributed by atoms with Gasteiger partial charge in [0.05, 0.1) is 16.6 Å². The van der Waals surface area contributed by atoms with Crippen LogP contribution in [0, 0.1) is 19.9 Å². The molecule has 0 radical (unpaired) electrons. The van der Waals surface area contributed by atoms with Crippen LogP contribution in [0.25, 0.3) is 0 Å². The van der Waals surface area contributed by atoms with E-state index in [1.54, 1.807) is 0 Å². The van der Waals surface area contributed by atoms with Crippen molar-refractivity contribution in [2.24, 2.45) is 0 Å². The van der Waals surface area contributed by atoms with Crippen LogP contribution in [0.2, 0.25) is 0 Å². The third-order valence-electron chi connectivity index (χ3n) is 2.33. The average molecular weight is 211 g/mol. The van der Waals surface area contributed by atoms with E-state index in [2.05, 4.69) is 53.0 Å². The number of hydrogen-bond donors (Lipinski definition) is 0. The number of aryl methyl sites for hydroxylation is 2. The smallest absolute Gasteiger partial charge is 0.292 e. The summed E-state index contributed by atoms with van der Waals surface area (Å²) in [5.41, 5.74) is 1.69. The molecule has 0 aliphatic carbocycles. The summed E-state index contributed by atoms with van der Waals surface area (Å²) in [5.74, 6) is 0. The van der Waals surface area contributed by atoms with E-state index >= 15 is 0 Å². The number of thiazole rings is 1. The maximum Gasteiger partial charge on any atom is 0.313 e. The maximum atomic E-state index is 2.39. The molecule has 0 aliphatic rings. The molecule has 1 aromatic heterocycles. The lowest BCUT2D eigenvalue weighted by molar-refractivity contribution is -0.667. The molecule has 0 atom stereocenters. The number of hydrogen-bond acceptors (Lipinski definition) is 0. The third-order valence-corrected chi connectivity index (χ3v) is 3.31. The van der Waals surface area contributed by atoms with Crippen LogP contribution in [-0.2, 0) is 5.41 Å². The quantitative estimate of drug-likeness (QED) is 0.381. The van der Waals surface area contributed by atoms with Crippen molar-refractivity contribution in [2.75, 3.05) is 0 Å². The summed E-state index contributed by atoms with van der Waals surface area (Å²) in [7, 11) is 0. The number of nitrogens with zero attached hydrogens (tertiary/aromatic N) is 1. The molecule has 0 fully saturated rings. The minimum absolute atomic E-state index is 0.228. The minimum atomic E-state index is 0.228. The van der Waals surface area contributed by atoms with Crippen LogP contribution in [0.1, 0.15) is 50.2 Å². The van der Waals surface area contributed by atoms with E-state index in [-0.39, 0.29) is 5.41 Å². The van der Waals surface area contributed by atoms with Crippen molar-refractivity contribution in [3.8, 4) is 0 Å². The van der Waals surface area contributed by atoms with Gasteiger partial charge in [-0.1, -0.05) is 27.7 Å². The molecule has 80 valence electrons. The van der Waals surface area contributed by atoms with Crippen LogP contribution in [0.15, 0.2) is 0 Å². The van der Waals surface area contributed by atoms with E-state index in [1.165, 1.54) is 21.6 Å². The molecule has 0 N–H and O–H groups in total. The summed E-state index contributed by atoms with van der Waals surface area (Å²) in [6.07, 6.45) is 0. The first-order valence-electron chi connectivity index (χ1n) is 5.08. The van der Waals surface area contributed by atoms with Crippen molar-refractivity contribution in [3.63, 3.8) is 0 Å². The SMILES string of the molecule is Cc1[s+][c-](C)c(C(C)(C)C)[n+]1[C-](C)C. The van der Waals surface area contributed by atoms with Gasteiger partial charge in [0.15, 0.2) is 0 Å². The maximum absolute atomic E-state index is 2.39. The second-order valence-electron chi connectivity index (χ2n) is 5.06. The molecule has 14 heavy (non-hydrogen) atoms. The Morgan fingerprint density at radius 2 is 1.79 bits per heavy atom. The Morgan fingerprint density at radius 1 is 1.29 bits per heavy atom. The van der Waals surface area contributed by atoms with E-state index in [4.69, 9.17) is 0 Å². The first-order valence-corrected chi connectivity index (χ1v) is 5.90. The fourth-order valence-electron chi connectivity index (χ4n) is 2.03. The summed E-state index contributed by atoms with van der Waals surface area (Å²) in [4.78, 5) is 1.44. The number of rotatable bonds is 1. The van der Waals surface area contributed by atoms with Crippen LogP contribution in [0.3, 0.4) is 0 Å². The van der Waals surface area contributed by atoms with Crippen LogP contribution >= 0.6 is 11.3 Å². The summed E-state index contributed by atoms with van der Waals surface area (Å²) in [6, 6.07) is 1.36. The Balaban J connectivity index is 3.40. The molecular weight excluding hydrogens is 190 g/mol. The topological polar surface area (TPSA) is 3.88 Å². The van der Waals surface area contributed by atoms with E-state index in [0.29, 0.717) is 0 Å². The molecule has 0 aromatic carbocycles. The van der Waals surface area contributed by atoms with Gasteiger partial charge >= 0.3 is 5.01 Å². The molecule has 0 amide bonds. The monoisotopic (exact) mass is 211 g/mol. The zero-order chi connectivity index (χ0) is 11.1. The molecular formula is C12H21NS. The Bertz CT molecular complexity index is 329. The van der Waals surface area contributed by atoms with E-state index < -0.39 is 0 Å². The summed E-state index contributed by atoms with van der Waals surface area (Å²) in [5, 5.41) is 1.38. The van der Waals surface area contributed by atoms with Crippen molar-refractivity contribution in [2.45, 2.75) is 53.9 Å². The van der Waals surface area contributed by atoms with Gasteiger partial charge in [-0.15, -0.1) is 0 Å². The minimum Gasteiger partial charge on any atom is -0.292 e. The van der Waals surface area contributed by atoms with Crippen LogP contribution in [-0.4, -0.2) is 0 Å². The van der Waals surface area contributed by atoms with E-state index in [1.807, 2.05) is 11.3 Å². The molecule has 0 spiro atoms. The second-order valence-corrected chi connectivity index (χ2v) is 6.47. The third kappa shape index (κ3) is 1.95. The van der Waals surface area contributed by atoms with Gasteiger partial charge in [0.2, 0.25) is 0 Å². The highest BCUT2D eigenvalue weighted by molar-refractivity contribution is 7.11. The van der Waals surface area contributed by atoms with Gasteiger partial charge in [-0.05, 0) is 19.3 Å². The molecule has 0 unspecified atom stereocenters. The zero-order valence-corrected chi connectivity index (χ0v) is 11.2. The lowest BCUT2D eigenvalue weighted by atomic mass is 9.90. The van der Waals surface area contributed by atoms with Gasteiger partial charge < -0.3 is 0 Å². The van der Waals surface area contributed by atoms with Gasteiger partial charge in [-0.25, -0.2) is 0 Å². The number of aromatic nitrogens is 1. The van der Waals surface area contributed by atoms with Crippen LogP contribution in [0.4, 0.5) is 0 Å². The summed E-state index contributed by atoms with van der Waals surface area (Å²) < 4.78 is 2.39. The molecule has 0 aliphatic heterocycles. The largest absolute Gasteiger partial charge is 0.313 e. The van der Waals surface area contributed by atoms with E-state index in [9.17, 15) is 0 Å². The Labute approximate surface area is 91.8 Å². The average Bonchev–Trinajstić information content (AvgIpc) is 2.23. The molecule has 2 heteroatoms. The predicted molar refractivity (Wildman–Crippen MR) is 62.7 cm³/mol. The zero-order valence-electron chi connectivity index (χ0n) is 10.4. The first kappa shape index (κ1) is 11.6. The van der Waals surface area contributed by atoms with Crippen molar-refractivity contribution < 1.29 is 4.57 Å². The molecule has 0 bridgehead atoms. The lowest BCUT2D eigenvalue weighted by Gasteiger charge is -2.23.